The Labute approximate surface area is 474 Å². The van der Waals surface area contributed by atoms with Crippen molar-refractivity contribution >= 4 is 13.7 Å². The van der Waals surface area contributed by atoms with Crippen LogP contribution in [-0.4, -0.2) is 68.5 Å². The fraction of sp³-hybridized carbons (Fsp3) is 0.925. The van der Waals surface area contributed by atoms with Crippen molar-refractivity contribution in [2.45, 2.75) is 360 Å². The van der Waals surface area contributed by atoms with E-state index in [-0.39, 0.29) is 19.1 Å². The number of carbonyl (C=O) groups is 1. The molecule has 0 aliphatic carbocycles. The number of quaternary nitrogens is 1. The molecule has 0 saturated carbocycles. The zero-order chi connectivity index (χ0) is 55.6. The van der Waals surface area contributed by atoms with E-state index < -0.39 is 20.0 Å². The Morgan fingerprint density at radius 2 is 0.724 bits per heavy atom. The number of nitrogens with zero attached hydrogens (tertiary/aromatic N) is 1. The number of hydrogen-bond acceptors (Lipinski definition) is 6. The molecule has 0 aromatic heterocycles. The Morgan fingerprint density at radius 3 is 1.03 bits per heavy atom. The number of aliphatic hydroxyl groups is 1. The predicted molar refractivity (Wildman–Crippen MR) is 330 cm³/mol. The van der Waals surface area contributed by atoms with Crippen LogP contribution in [0, 0.1) is 0 Å². The molecular formula is C67H133N2O6P. The topological polar surface area (TPSA) is 108 Å². The molecule has 0 aliphatic rings. The molecule has 0 heterocycles. The van der Waals surface area contributed by atoms with Gasteiger partial charge < -0.3 is 28.8 Å². The van der Waals surface area contributed by atoms with Crippen molar-refractivity contribution < 1.29 is 32.9 Å². The second kappa shape index (κ2) is 58.6. The monoisotopic (exact) mass is 1090 g/mol. The van der Waals surface area contributed by atoms with E-state index in [1.165, 1.54) is 289 Å². The van der Waals surface area contributed by atoms with Gasteiger partial charge in [-0.3, -0.25) is 9.36 Å². The summed E-state index contributed by atoms with van der Waals surface area (Å²) in [5, 5.41) is 13.9. The van der Waals surface area contributed by atoms with Crippen LogP contribution in [0.4, 0.5) is 0 Å². The lowest BCUT2D eigenvalue weighted by molar-refractivity contribution is -0.870. The summed E-state index contributed by atoms with van der Waals surface area (Å²) in [5.74, 6) is -0.191. The lowest BCUT2D eigenvalue weighted by Gasteiger charge is -2.29. The lowest BCUT2D eigenvalue weighted by Crippen LogP contribution is -2.45. The summed E-state index contributed by atoms with van der Waals surface area (Å²) in [5.41, 5.74) is 0. The van der Waals surface area contributed by atoms with Crippen LogP contribution in [0.2, 0.25) is 0 Å². The van der Waals surface area contributed by atoms with Crippen molar-refractivity contribution in [1.82, 2.24) is 5.32 Å². The number of likely N-dealkylation sites (N-methyl/N-ethyl adjacent to an activating group) is 1. The summed E-state index contributed by atoms with van der Waals surface area (Å²) >= 11 is 0. The Kier molecular flexibility index (Phi) is 57.8. The highest BCUT2D eigenvalue weighted by Crippen LogP contribution is 2.38. The van der Waals surface area contributed by atoms with Crippen molar-refractivity contribution in [3.63, 3.8) is 0 Å². The van der Waals surface area contributed by atoms with Gasteiger partial charge in [0, 0.05) is 6.42 Å². The van der Waals surface area contributed by atoms with Crippen LogP contribution in [0.5, 0.6) is 0 Å². The van der Waals surface area contributed by atoms with E-state index >= 15 is 0 Å². The van der Waals surface area contributed by atoms with Crippen molar-refractivity contribution in [3.05, 3.63) is 24.3 Å². The van der Waals surface area contributed by atoms with E-state index in [1.54, 1.807) is 6.08 Å². The van der Waals surface area contributed by atoms with Crippen LogP contribution >= 0.6 is 7.82 Å². The van der Waals surface area contributed by atoms with E-state index in [2.05, 4.69) is 31.3 Å². The molecule has 3 atom stereocenters. The highest BCUT2D eigenvalue weighted by molar-refractivity contribution is 7.45. The van der Waals surface area contributed by atoms with Gasteiger partial charge in [0.15, 0.2) is 0 Å². The van der Waals surface area contributed by atoms with Gasteiger partial charge in [-0.25, -0.2) is 0 Å². The SMILES string of the molecule is CCCCCCCCCCCCCCC/C=C/C(O)C(COP(=O)([O-])OCC[N+](C)(C)C)NC(=O)CCCCCCCCCCCCCCCCCCC/C=C\CCCCCCCCCCCCCCCCCCCC. The van der Waals surface area contributed by atoms with Crippen LogP contribution in [0.15, 0.2) is 24.3 Å². The number of unbranched alkanes of at least 4 members (excludes halogenated alkanes) is 48. The Hall–Kier alpha value is -1.02. The summed E-state index contributed by atoms with van der Waals surface area (Å²) in [4.78, 5) is 25.5. The first-order valence-corrected chi connectivity index (χ1v) is 35.2. The molecule has 9 heteroatoms. The van der Waals surface area contributed by atoms with Crippen molar-refractivity contribution in [2.24, 2.45) is 0 Å². The average Bonchev–Trinajstić information content (AvgIpc) is 3.38. The molecule has 0 rings (SSSR count). The molecule has 76 heavy (non-hydrogen) atoms. The van der Waals surface area contributed by atoms with E-state index in [9.17, 15) is 19.4 Å². The fourth-order valence-corrected chi connectivity index (χ4v) is 11.1. The van der Waals surface area contributed by atoms with E-state index in [0.717, 1.165) is 38.5 Å². The van der Waals surface area contributed by atoms with Crippen LogP contribution in [0.3, 0.4) is 0 Å². The molecule has 0 spiro atoms. The minimum absolute atomic E-state index is 0.00142. The number of phosphoric acid groups is 1. The van der Waals surface area contributed by atoms with E-state index in [0.29, 0.717) is 17.4 Å². The van der Waals surface area contributed by atoms with Gasteiger partial charge in [0.05, 0.1) is 39.9 Å². The third-order valence-electron chi connectivity index (χ3n) is 15.7. The summed E-state index contributed by atoms with van der Waals surface area (Å²) in [6.45, 7) is 4.69. The number of hydrogen-bond donors (Lipinski definition) is 2. The van der Waals surface area contributed by atoms with Gasteiger partial charge >= 0.3 is 0 Å². The Bertz CT molecular complexity index is 1290. The van der Waals surface area contributed by atoms with Crippen LogP contribution in [-0.2, 0) is 18.4 Å². The first kappa shape index (κ1) is 75.0. The molecular weight excluding hydrogens is 960 g/mol. The first-order chi connectivity index (χ1) is 37.0. The fourth-order valence-electron chi connectivity index (χ4n) is 10.4. The number of allylic oxidation sites excluding steroid dienone is 3. The number of aliphatic hydroxyl groups excluding tert-OH is 1. The Balaban J connectivity index is 3.88. The molecule has 0 aliphatic heterocycles. The zero-order valence-corrected chi connectivity index (χ0v) is 52.6. The molecule has 8 nitrogen and oxygen atoms in total. The van der Waals surface area contributed by atoms with Crippen LogP contribution in [0.25, 0.3) is 0 Å². The van der Waals surface area contributed by atoms with E-state index in [4.69, 9.17) is 9.05 Å². The van der Waals surface area contributed by atoms with Gasteiger partial charge in [-0.1, -0.05) is 321 Å². The van der Waals surface area contributed by atoms with E-state index in [1.807, 2.05) is 27.2 Å². The van der Waals surface area contributed by atoms with Crippen LogP contribution < -0.4 is 10.2 Å². The molecule has 3 unspecified atom stereocenters. The summed E-state index contributed by atoms with van der Waals surface area (Å²) in [6.07, 6.45) is 76.0. The number of phosphoric ester groups is 1. The van der Waals surface area contributed by atoms with Crippen LogP contribution in [0.1, 0.15) is 348 Å². The second-order valence-corrected chi connectivity index (χ2v) is 25.9. The van der Waals surface area contributed by atoms with Gasteiger partial charge in [-0.2, -0.15) is 0 Å². The maximum atomic E-state index is 13.0. The number of amides is 1. The molecule has 0 aromatic rings. The van der Waals surface area contributed by atoms with Gasteiger partial charge in [0.1, 0.15) is 13.2 Å². The number of rotatable bonds is 63. The molecule has 0 saturated heterocycles. The standard InChI is InChI=1S/C67H133N2O6P/c1-6-8-10-12-14-16-18-20-22-23-24-25-26-27-28-29-30-31-32-33-34-35-36-37-38-39-40-41-42-43-44-45-47-49-51-53-55-57-59-61-67(71)68-65(64-75-76(72,73)74-63-62-69(3,4)5)66(70)60-58-56-54-52-50-48-46-21-19-17-15-13-11-9-7-2/h33-34,58,60,65-66,70H,6-32,35-57,59,61-64H2,1-5H3,(H-,68,71,72,73)/b34-33-,60-58+. The normalized spacial score (nSPS) is 13.8. The number of carbonyl (C=O) groups excluding carboxylic acids is 1. The maximum absolute atomic E-state index is 13.0. The minimum atomic E-state index is -4.59. The maximum Gasteiger partial charge on any atom is 0.268 e. The zero-order valence-electron chi connectivity index (χ0n) is 51.7. The van der Waals surface area contributed by atoms with Crippen molar-refractivity contribution in [1.29, 1.82) is 0 Å². The average molecular weight is 1090 g/mol. The summed E-state index contributed by atoms with van der Waals surface area (Å²) < 4.78 is 23.4. The highest BCUT2D eigenvalue weighted by Gasteiger charge is 2.23. The molecule has 0 fully saturated rings. The molecule has 452 valence electrons. The largest absolute Gasteiger partial charge is 0.756 e. The molecule has 0 aromatic carbocycles. The van der Waals surface area contributed by atoms with Gasteiger partial charge in [-0.15, -0.1) is 0 Å². The second-order valence-electron chi connectivity index (χ2n) is 24.5. The quantitative estimate of drug-likeness (QED) is 0.0272. The summed E-state index contributed by atoms with van der Waals surface area (Å²) in [6, 6.07) is -0.884. The summed E-state index contributed by atoms with van der Waals surface area (Å²) in [7, 11) is 1.28. The van der Waals surface area contributed by atoms with Gasteiger partial charge in [0.2, 0.25) is 5.91 Å². The number of nitrogens with one attached hydrogen (secondary N) is 1. The van der Waals surface area contributed by atoms with Gasteiger partial charge in [0.25, 0.3) is 7.82 Å². The third-order valence-corrected chi connectivity index (χ3v) is 16.6. The van der Waals surface area contributed by atoms with Crippen molar-refractivity contribution in [3.8, 4) is 0 Å². The minimum Gasteiger partial charge on any atom is -0.756 e. The van der Waals surface area contributed by atoms with Gasteiger partial charge in [-0.05, 0) is 44.9 Å². The highest BCUT2D eigenvalue weighted by atomic mass is 31.2. The molecule has 0 bridgehead atoms. The smallest absolute Gasteiger partial charge is 0.268 e. The predicted octanol–water partition coefficient (Wildman–Crippen LogP) is 20.5. The molecule has 1 amide bonds. The first-order valence-electron chi connectivity index (χ1n) is 33.7. The molecule has 0 radical (unpaired) electrons. The Morgan fingerprint density at radius 1 is 0.447 bits per heavy atom. The third kappa shape index (κ3) is 60.6. The molecule has 2 N–H and O–H groups in total. The van der Waals surface area contributed by atoms with Crippen molar-refractivity contribution in [2.75, 3.05) is 40.9 Å². The lowest BCUT2D eigenvalue weighted by atomic mass is 10.0.